The summed E-state index contributed by atoms with van der Waals surface area (Å²) in [7, 11) is 1.55. The van der Waals surface area contributed by atoms with Crippen molar-refractivity contribution >= 4 is 11.8 Å². The highest BCUT2D eigenvalue weighted by molar-refractivity contribution is 5.92. The number of carbonyl (C=O) groups is 1. The van der Waals surface area contributed by atoms with Gasteiger partial charge in [-0.15, -0.1) is 5.10 Å². The Bertz CT molecular complexity index is 853. The van der Waals surface area contributed by atoms with Crippen molar-refractivity contribution in [2.45, 2.75) is 26.8 Å². The van der Waals surface area contributed by atoms with Crippen LogP contribution in [0.5, 0.6) is 5.88 Å². The second-order valence-corrected chi connectivity index (χ2v) is 5.97. The summed E-state index contributed by atoms with van der Waals surface area (Å²) in [5.41, 5.74) is 3.06. The van der Waals surface area contributed by atoms with E-state index < -0.39 is 0 Å². The number of furan rings is 1. The van der Waals surface area contributed by atoms with Crippen molar-refractivity contribution in [1.29, 1.82) is 5.26 Å². The van der Waals surface area contributed by atoms with Gasteiger partial charge in [-0.3, -0.25) is 15.0 Å². The average Bonchev–Trinajstić information content (AvgIpc) is 2.87. The maximum atomic E-state index is 12.3. The molecule has 0 saturated heterocycles. The molecule has 0 aliphatic carbocycles. The van der Waals surface area contributed by atoms with Gasteiger partial charge in [-0.2, -0.15) is 10.4 Å². The van der Waals surface area contributed by atoms with Gasteiger partial charge in [0.05, 0.1) is 19.3 Å². The van der Waals surface area contributed by atoms with E-state index in [0.29, 0.717) is 30.3 Å². The third-order valence-electron chi connectivity index (χ3n) is 4.32. The summed E-state index contributed by atoms with van der Waals surface area (Å²) in [6, 6.07) is 3.91. The Morgan fingerprint density at radius 3 is 3.00 bits per heavy atom. The lowest BCUT2D eigenvalue weighted by atomic mass is 10.1. The van der Waals surface area contributed by atoms with Crippen LogP contribution < -0.4 is 10.1 Å². The van der Waals surface area contributed by atoms with Gasteiger partial charge in [-0.25, -0.2) is 0 Å². The molecule has 3 heterocycles. The highest BCUT2D eigenvalue weighted by Gasteiger charge is 2.22. The smallest absolute Gasteiger partial charge is 0.240 e. The van der Waals surface area contributed by atoms with Gasteiger partial charge in [0.2, 0.25) is 17.7 Å². The van der Waals surface area contributed by atoms with Crippen LogP contribution >= 0.6 is 0 Å². The number of carbonyl (C=O) groups excluding carboxylic acids is 1. The molecule has 1 N–H and O–H groups in total. The highest BCUT2D eigenvalue weighted by atomic mass is 16.5. The predicted octanol–water partition coefficient (Wildman–Crippen LogP) is 1.56. The number of hydrogen-bond acceptors (Lipinski definition) is 7. The third kappa shape index (κ3) is 3.46. The fourth-order valence-corrected chi connectivity index (χ4v) is 2.82. The molecule has 2 aromatic rings. The number of aryl methyl sites for hydroxylation is 1. The summed E-state index contributed by atoms with van der Waals surface area (Å²) >= 11 is 0. The minimum Gasteiger partial charge on any atom is -0.480 e. The van der Waals surface area contributed by atoms with Crippen LogP contribution in [-0.2, 0) is 17.8 Å². The summed E-state index contributed by atoms with van der Waals surface area (Å²) in [4.78, 5) is 14.3. The Morgan fingerprint density at radius 2 is 2.28 bits per heavy atom. The first-order valence-corrected chi connectivity index (χ1v) is 7.93. The lowest BCUT2D eigenvalue weighted by Gasteiger charge is -2.27. The Hall–Kier alpha value is -2.92. The van der Waals surface area contributed by atoms with E-state index in [1.54, 1.807) is 21.0 Å². The van der Waals surface area contributed by atoms with Crippen molar-refractivity contribution in [3.05, 3.63) is 34.2 Å². The van der Waals surface area contributed by atoms with E-state index in [1.165, 1.54) is 0 Å². The summed E-state index contributed by atoms with van der Waals surface area (Å²) in [6.45, 7) is 5.07. The predicted molar refractivity (Wildman–Crippen MR) is 89.1 cm³/mol. The maximum absolute atomic E-state index is 12.3. The number of hydrogen-bond donors (Lipinski definition) is 1. The van der Waals surface area contributed by atoms with Gasteiger partial charge in [0.25, 0.3) is 0 Å². The quantitative estimate of drug-likeness (QED) is 0.900. The fraction of sp³-hybridized carbons (Fsp3) is 0.412. The van der Waals surface area contributed by atoms with Gasteiger partial charge in [-0.05, 0) is 19.4 Å². The molecule has 0 fully saturated rings. The van der Waals surface area contributed by atoms with Gasteiger partial charge in [-0.1, -0.05) is 0 Å². The van der Waals surface area contributed by atoms with Crippen LogP contribution in [-0.4, -0.2) is 41.2 Å². The molecule has 1 aliphatic rings. The molecule has 1 amide bonds. The molecule has 130 valence electrons. The molecule has 25 heavy (non-hydrogen) atoms. The van der Waals surface area contributed by atoms with Gasteiger partial charge >= 0.3 is 0 Å². The zero-order valence-corrected chi connectivity index (χ0v) is 14.4. The largest absolute Gasteiger partial charge is 0.480 e. The Balaban J connectivity index is 1.66. The Labute approximate surface area is 145 Å². The van der Waals surface area contributed by atoms with Crippen molar-refractivity contribution in [2.24, 2.45) is 0 Å². The minimum absolute atomic E-state index is 0.202. The zero-order chi connectivity index (χ0) is 18.0. The second-order valence-electron chi connectivity index (χ2n) is 5.97. The number of ether oxygens (including phenoxy) is 1. The topological polar surface area (TPSA) is 104 Å². The van der Waals surface area contributed by atoms with Gasteiger partial charge in [0, 0.05) is 31.1 Å². The van der Waals surface area contributed by atoms with E-state index in [4.69, 9.17) is 9.15 Å². The maximum Gasteiger partial charge on any atom is 0.240 e. The first kappa shape index (κ1) is 16.9. The van der Waals surface area contributed by atoms with Crippen LogP contribution in [0.15, 0.2) is 10.5 Å². The van der Waals surface area contributed by atoms with E-state index >= 15 is 0 Å². The first-order chi connectivity index (χ1) is 12.0. The van der Waals surface area contributed by atoms with E-state index in [-0.39, 0.29) is 18.3 Å². The first-order valence-electron chi connectivity index (χ1n) is 7.93. The van der Waals surface area contributed by atoms with Crippen LogP contribution in [0.1, 0.15) is 28.1 Å². The van der Waals surface area contributed by atoms with Crippen molar-refractivity contribution in [2.75, 3.05) is 25.5 Å². The van der Waals surface area contributed by atoms with Crippen molar-refractivity contribution < 1.29 is 13.9 Å². The molecular weight excluding hydrogens is 322 g/mol. The molecule has 0 spiro atoms. The van der Waals surface area contributed by atoms with E-state index in [2.05, 4.69) is 21.6 Å². The van der Waals surface area contributed by atoms with Crippen LogP contribution in [0, 0.1) is 25.2 Å². The lowest BCUT2D eigenvalue weighted by Crippen LogP contribution is -2.37. The zero-order valence-electron chi connectivity index (χ0n) is 14.4. The van der Waals surface area contributed by atoms with Gasteiger partial charge in [0.1, 0.15) is 17.4 Å². The number of fused-ring (bicyclic) bond motifs is 1. The number of amides is 1. The molecule has 8 nitrogen and oxygen atoms in total. The SMILES string of the molecule is COc1cc2c(nn1)CCN(CC(=O)Nc1oc(C)c(C)c1C#N)C2. The van der Waals surface area contributed by atoms with Crippen LogP contribution in [0.25, 0.3) is 0 Å². The fourth-order valence-electron chi connectivity index (χ4n) is 2.82. The summed E-state index contributed by atoms with van der Waals surface area (Å²) in [5.74, 6) is 1.09. The lowest BCUT2D eigenvalue weighted by molar-refractivity contribution is -0.117. The second kappa shape index (κ2) is 6.91. The summed E-state index contributed by atoms with van der Waals surface area (Å²) in [5, 5.41) is 20.0. The van der Waals surface area contributed by atoms with Crippen LogP contribution in [0.3, 0.4) is 0 Å². The molecule has 2 aromatic heterocycles. The summed E-state index contributed by atoms with van der Waals surface area (Å²) in [6.07, 6.45) is 0.724. The average molecular weight is 341 g/mol. The molecule has 8 heteroatoms. The third-order valence-corrected chi connectivity index (χ3v) is 4.32. The molecule has 3 rings (SSSR count). The van der Waals surface area contributed by atoms with E-state index in [1.807, 2.05) is 11.0 Å². The molecule has 0 bridgehead atoms. The standard InChI is InChI=1S/C17H19N5O3/c1-10-11(2)25-17(13(10)7-18)19-15(23)9-22-5-4-14-12(8-22)6-16(24-3)21-20-14/h6H,4-5,8-9H2,1-3H3,(H,19,23). The molecular formula is C17H19N5O3. The number of nitrogens with zero attached hydrogens (tertiary/aromatic N) is 4. The van der Waals surface area contributed by atoms with Crippen LogP contribution in [0.4, 0.5) is 5.88 Å². The van der Waals surface area contributed by atoms with Crippen LogP contribution in [0.2, 0.25) is 0 Å². The number of methoxy groups -OCH3 is 1. The number of anilines is 1. The normalized spacial score (nSPS) is 13.8. The van der Waals surface area contributed by atoms with Gasteiger partial charge < -0.3 is 9.15 Å². The minimum atomic E-state index is -0.220. The number of aromatic nitrogens is 2. The number of rotatable bonds is 4. The van der Waals surface area contributed by atoms with E-state index in [9.17, 15) is 10.1 Å². The van der Waals surface area contributed by atoms with Crippen molar-refractivity contribution in [1.82, 2.24) is 15.1 Å². The number of nitriles is 1. The van der Waals surface area contributed by atoms with Gasteiger partial charge in [0.15, 0.2) is 0 Å². The van der Waals surface area contributed by atoms with Crippen molar-refractivity contribution in [3.63, 3.8) is 0 Å². The molecule has 0 radical (unpaired) electrons. The Morgan fingerprint density at radius 1 is 1.48 bits per heavy atom. The Kier molecular flexibility index (Phi) is 4.67. The molecule has 0 atom stereocenters. The monoisotopic (exact) mass is 341 g/mol. The highest BCUT2D eigenvalue weighted by Crippen LogP contribution is 2.25. The molecule has 1 aliphatic heterocycles. The van der Waals surface area contributed by atoms with Crippen molar-refractivity contribution in [3.8, 4) is 11.9 Å². The van der Waals surface area contributed by atoms with E-state index in [0.717, 1.165) is 23.2 Å². The molecule has 0 saturated carbocycles. The summed E-state index contributed by atoms with van der Waals surface area (Å²) < 4.78 is 10.6. The molecule has 0 unspecified atom stereocenters. The number of nitrogens with one attached hydrogen (secondary N) is 1. The molecule has 0 aromatic carbocycles.